The molecule has 0 aliphatic heterocycles. The number of aromatic nitrogens is 1. The highest BCUT2D eigenvalue weighted by Gasteiger charge is 2.48. The second kappa shape index (κ2) is 14.4. The van der Waals surface area contributed by atoms with E-state index in [0.717, 1.165) is 11.8 Å². The zero-order chi connectivity index (χ0) is 29.4. The summed E-state index contributed by atoms with van der Waals surface area (Å²) >= 11 is 0. The van der Waals surface area contributed by atoms with Gasteiger partial charge in [0.25, 0.3) is 5.56 Å². The van der Waals surface area contributed by atoms with Crippen molar-refractivity contribution in [2.45, 2.75) is 76.4 Å². The number of allylic oxidation sites excluding steroid dienone is 1. The first-order valence-corrected chi connectivity index (χ1v) is 14.8. The number of rotatable bonds is 14. The van der Waals surface area contributed by atoms with Crippen molar-refractivity contribution in [3.63, 3.8) is 0 Å². The molecule has 4 aliphatic carbocycles. The van der Waals surface area contributed by atoms with Gasteiger partial charge in [0.1, 0.15) is 18.3 Å². The number of anilines is 1. The monoisotopic (exact) mass is 569 g/mol. The lowest BCUT2D eigenvalue weighted by atomic mass is 9.54. The average molecular weight is 570 g/mol. The van der Waals surface area contributed by atoms with Crippen LogP contribution in [0.25, 0.3) is 0 Å². The molecule has 4 N–H and O–H groups in total. The summed E-state index contributed by atoms with van der Waals surface area (Å²) in [6, 6.07) is 2.35. The van der Waals surface area contributed by atoms with Crippen LogP contribution in [0.3, 0.4) is 0 Å². The minimum atomic E-state index is -0.923. The SMILES string of the molecule is CNCCCC(=O)N[C@@H](CC/C=C/C(=O)OC)C(=O)Nc1cccn(CC(=O)NC2C3CC4CC(C3)CC2C4)c1=O. The Morgan fingerprint density at radius 2 is 1.78 bits per heavy atom. The summed E-state index contributed by atoms with van der Waals surface area (Å²) < 4.78 is 5.87. The van der Waals surface area contributed by atoms with E-state index in [0.29, 0.717) is 31.2 Å². The molecule has 0 aromatic carbocycles. The Kier molecular flexibility index (Phi) is 10.7. The summed E-state index contributed by atoms with van der Waals surface area (Å²) in [5.74, 6) is 1.13. The van der Waals surface area contributed by atoms with E-state index < -0.39 is 23.5 Å². The van der Waals surface area contributed by atoms with E-state index >= 15 is 0 Å². The molecule has 5 rings (SSSR count). The molecular weight excluding hydrogens is 526 g/mol. The van der Waals surface area contributed by atoms with E-state index in [4.69, 9.17) is 0 Å². The average Bonchev–Trinajstić information content (AvgIpc) is 2.94. The van der Waals surface area contributed by atoms with Gasteiger partial charge in [-0.2, -0.15) is 0 Å². The van der Waals surface area contributed by atoms with Crippen LogP contribution < -0.4 is 26.8 Å². The van der Waals surface area contributed by atoms with Crippen molar-refractivity contribution in [3.05, 3.63) is 40.8 Å². The third-order valence-corrected chi connectivity index (χ3v) is 8.71. The summed E-state index contributed by atoms with van der Waals surface area (Å²) in [5.41, 5.74) is -0.467. The number of amides is 3. The van der Waals surface area contributed by atoms with Crippen LogP contribution in [0.2, 0.25) is 0 Å². The van der Waals surface area contributed by atoms with Crippen LogP contribution in [0.4, 0.5) is 5.69 Å². The van der Waals surface area contributed by atoms with Crippen LogP contribution in [0, 0.1) is 23.7 Å². The van der Waals surface area contributed by atoms with E-state index in [1.54, 1.807) is 19.2 Å². The molecule has 0 unspecified atom stereocenters. The molecular formula is C30H43N5O6. The third-order valence-electron chi connectivity index (χ3n) is 8.71. The van der Waals surface area contributed by atoms with Crippen LogP contribution >= 0.6 is 0 Å². The van der Waals surface area contributed by atoms with E-state index in [1.165, 1.54) is 62.1 Å². The highest BCUT2D eigenvalue weighted by atomic mass is 16.5. The van der Waals surface area contributed by atoms with Crippen molar-refractivity contribution < 1.29 is 23.9 Å². The maximum Gasteiger partial charge on any atom is 0.330 e. The molecule has 3 amide bonds. The minimum absolute atomic E-state index is 0.0273. The molecule has 4 saturated carbocycles. The molecule has 1 heterocycles. The van der Waals surface area contributed by atoms with Crippen molar-refractivity contribution in [2.24, 2.45) is 23.7 Å². The van der Waals surface area contributed by atoms with Gasteiger partial charge in [-0.15, -0.1) is 0 Å². The van der Waals surface area contributed by atoms with Crippen LogP contribution in [-0.4, -0.2) is 61.0 Å². The van der Waals surface area contributed by atoms with Crippen molar-refractivity contribution >= 4 is 29.4 Å². The summed E-state index contributed by atoms with van der Waals surface area (Å²) in [4.78, 5) is 63.1. The van der Waals surface area contributed by atoms with Gasteiger partial charge < -0.3 is 30.6 Å². The largest absolute Gasteiger partial charge is 0.466 e. The molecule has 1 aromatic heterocycles. The van der Waals surface area contributed by atoms with E-state index in [-0.39, 0.29) is 42.9 Å². The van der Waals surface area contributed by atoms with E-state index in [2.05, 4.69) is 26.0 Å². The van der Waals surface area contributed by atoms with Crippen LogP contribution in [0.5, 0.6) is 0 Å². The van der Waals surface area contributed by atoms with Gasteiger partial charge in [0.15, 0.2) is 0 Å². The normalized spacial score (nSPS) is 25.1. The van der Waals surface area contributed by atoms with Crippen molar-refractivity contribution in [1.29, 1.82) is 0 Å². The molecule has 224 valence electrons. The Labute approximate surface area is 240 Å². The van der Waals surface area contributed by atoms with Gasteiger partial charge in [0, 0.05) is 24.7 Å². The molecule has 0 spiro atoms. The van der Waals surface area contributed by atoms with E-state index in [9.17, 15) is 24.0 Å². The quantitative estimate of drug-likeness (QED) is 0.152. The van der Waals surface area contributed by atoms with Gasteiger partial charge in [0.2, 0.25) is 17.7 Å². The molecule has 0 saturated heterocycles. The number of hydrogen-bond donors (Lipinski definition) is 4. The molecule has 1 atom stereocenters. The Morgan fingerprint density at radius 1 is 1.07 bits per heavy atom. The molecule has 11 heteroatoms. The van der Waals surface area contributed by atoms with Gasteiger partial charge in [-0.05, 0) is 101 Å². The van der Waals surface area contributed by atoms with Crippen molar-refractivity contribution in [2.75, 3.05) is 26.0 Å². The Morgan fingerprint density at radius 3 is 2.44 bits per heavy atom. The van der Waals surface area contributed by atoms with Crippen LogP contribution in [0.15, 0.2) is 35.3 Å². The van der Waals surface area contributed by atoms with Crippen molar-refractivity contribution in [1.82, 2.24) is 20.5 Å². The predicted molar refractivity (Wildman–Crippen MR) is 154 cm³/mol. The number of methoxy groups -OCH3 is 1. The Balaban J connectivity index is 1.37. The zero-order valence-corrected chi connectivity index (χ0v) is 24.0. The fourth-order valence-corrected chi connectivity index (χ4v) is 6.99. The summed E-state index contributed by atoms with van der Waals surface area (Å²) in [5, 5.41) is 11.6. The maximum atomic E-state index is 13.2. The summed E-state index contributed by atoms with van der Waals surface area (Å²) in [6.07, 6.45) is 11.8. The zero-order valence-electron chi connectivity index (χ0n) is 24.0. The number of nitrogens with one attached hydrogen (secondary N) is 4. The summed E-state index contributed by atoms with van der Waals surface area (Å²) in [6.45, 7) is 0.529. The molecule has 0 radical (unpaired) electrons. The van der Waals surface area contributed by atoms with E-state index in [1.807, 2.05) is 0 Å². The smallest absolute Gasteiger partial charge is 0.330 e. The van der Waals surface area contributed by atoms with Crippen LogP contribution in [-0.2, 0) is 30.5 Å². The first kappa shape index (κ1) is 30.5. The number of carbonyl (C=O) groups is 4. The number of hydrogen-bond acceptors (Lipinski definition) is 7. The van der Waals surface area contributed by atoms with Gasteiger partial charge in [-0.3, -0.25) is 19.2 Å². The fraction of sp³-hybridized carbons (Fsp3) is 0.633. The molecule has 11 nitrogen and oxygen atoms in total. The summed E-state index contributed by atoms with van der Waals surface area (Å²) in [7, 11) is 3.06. The van der Waals surface area contributed by atoms with Gasteiger partial charge >= 0.3 is 5.97 Å². The molecule has 4 bridgehead atoms. The Hall–Kier alpha value is -3.47. The van der Waals surface area contributed by atoms with Gasteiger partial charge in [-0.25, -0.2) is 4.79 Å². The minimum Gasteiger partial charge on any atom is -0.466 e. The number of ether oxygens (including phenoxy) is 1. The second-order valence-corrected chi connectivity index (χ2v) is 11.7. The predicted octanol–water partition coefficient (Wildman–Crippen LogP) is 1.72. The molecule has 4 aliphatic rings. The second-order valence-electron chi connectivity index (χ2n) is 11.7. The topological polar surface area (TPSA) is 148 Å². The highest BCUT2D eigenvalue weighted by molar-refractivity contribution is 5.97. The third kappa shape index (κ3) is 8.28. The lowest BCUT2D eigenvalue weighted by Gasteiger charge is -2.54. The highest BCUT2D eigenvalue weighted by Crippen LogP contribution is 2.53. The van der Waals surface area contributed by atoms with Gasteiger partial charge in [-0.1, -0.05) is 6.08 Å². The lowest BCUT2D eigenvalue weighted by Crippen LogP contribution is -2.56. The first-order chi connectivity index (χ1) is 19.8. The molecule has 4 fully saturated rings. The number of pyridine rings is 1. The fourth-order valence-electron chi connectivity index (χ4n) is 6.99. The number of nitrogens with zero attached hydrogens (tertiary/aromatic N) is 1. The molecule has 41 heavy (non-hydrogen) atoms. The van der Waals surface area contributed by atoms with Gasteiger partial charge in [0.05, 0.1) is 7.11 Å². The standard InChI is InChI=1S/C30H43N5O6/c1-31-11-5-9-25(36)32-23(7-3-4-10-27(38)41-2)29(39)33-24-8-6-12-35(30(24)40)18-26(37)34-28-21-14-19-13-20(16-21)17-22(28)15-19/h4,6,8,10,12,19-23,28,31H,3,5,7,9,11,13-18H2,1-2H3,(H,32,36)(H,33,39)(H,34,37)/b10-4+/t19?,20?,21?,22?,23-,28?/m0/s1. The maximum absolute atomic E-state index is 13.2. The Bertz CT molecular complexity index is 1170. The lowest BCUT2D eigenvalue weighted by molar-refractivity contribution is -0.135. The van der Waals surface area contributed by atoms with Crippen molar-refractivity contribution in [3.8, 4) is 0 Å². The first-order valence-electron chi connectivity index (χ1n) is 14.8. The number of carbonyl (C=O) groups excluding carboxylic acids is 4. The van der Waals surface area contributed by atoms with Crippen LogP contribution in [0.1, 0.15) is 57.8 Å². The number of esters is 1. The molecule has 1 aromatic rings.